The SMILES string of the molecule is CCCCC(N)=O.Cl.Cl.O.O.O.O. The van der Waals surface area contributed by atoms with Crippen molar-refractivity contribution < 1.29 is 26.7 Å². The van der Waals surface area contributed by atoms with Crippen molar-refractivity contribution >= 4 is 30.7 Å². The van der Waals surface area contributed by atoms with Gasteiger partial charge in [0.15, 0.2) is 0 Å². The monoisotopic (exact) mass is 245 g/mol. The highest BCUT2D eigenvalue weighted by Gasteiger charge is 1.88. The van der Waals surface area contributed by atoms with Crippen LogP contribution in [0.4, 0.5) is 0 Å². The molecule has 0 radical (unpaired) electrons. The van der Waals surface area contributed by atoms with Gasteiger partial charge in [-0.2, -0.15) is 0 Å². The molecule has 0 aliphatic carbocycles. The van der Waals surface area contributed by atoms with E-state index in [1.54, 1.807) is 0 Å². The Hall–Kier alpha value is -0.110. The Morgan fingerprint density at radius 1 is 1.08 bits per heavy atom. The second kappa shape index (κ2) is 40.6. The van der Waals surface area contributed by atoms with Gasteiger partial charge in [-0.15, -0.1) is 24.8 Å². The number of carbonyl (C=O) groups excluding carboxylic acids is 1. The molecule has 0 saturated carbocycles. The minimum absolute atomic E-state index is 0. The van der Waals surface area contributed by atoms with Crippen LogP contribution in [0.2, 0.25) is 0 Å². The summed E-state index contributed by atoms with van der Waals surface area (Å²) < 4.78 is 0. The third-order valence-corrected chi connectivity index (χ3v) is 0.777. The summed E-state index contributed by atoms with van der Waals surface area (Å²) in [5.41, 5.74) is 4.84. The molecule has 0 fully saturated rings. The third kappa shape index (κ3) is 76.9. The summed E-state index contributed by atoms with van der Waals surface area (Å²) in [6.45, 7) is 2.03. The van der Waals surface area contributed by atoms with Gasteiger partial charge in [0.05, 0.1) is 0 Å². The molecule has 8 heteroatoms. The Morgan fingerprint density at radius 2 is 1.38 bits per heavy atom. The summed E-state index contributed by atoms with van der Waals surface area (Å²) in [4.78, 5) is 9.98. The first-order chi connectivity index (χ1) is 3.27. The second-order valence-corrected chi connectivity index (χ2v) is 1.57. The van der Waals surface area contributed by atoms with Crippen LogP contribution < -0.4 is 5.73 Å². The summed E-state index contributed by atoms with van der Waals surface area (Å²) in [6, 6.07) is 0. The van der Waals surface area contributed by atoms with E-state index in [0.29, 0.717) is 6.42 Å². The van der Waals surface area contributed by atoms with Crippen LogP contribution in [0.25, 0.3) is 0 Å². The molecule has 13 heavy (non-hydrogen) atoms. The van der Waals surface area contributed by atoms with Crippen LogP contribution in [0.5, 0.6) is 0 Å². The Kier molecular flexibility index (Phi) is 164. The molecule has 0 aromatic rings. The lowest BCUT2D eigenvalue weighted by Gasteiger charge is -1.86. The quantitative estimate of drug-likeness (QED) is 0.609. The standard InChI is InChI=1S/C5H11NO.2ClH.4H2O/c1-2-3-4-5(6)7;;;;;;/h2-4H2,1H3,(H2,6,7);2*1H;4*1H2. The van der Waals surface area contributed by atoms with Gasteiger partial charge in [0, 0.05) is 6.42 Å². The molecule has 10 N–H and O–H groups in total. The molecule has 6 nitrogen and oxygen atoms in total. The maximum absolute atomic E-state index is 9.98. The molecular weight excluding hydrogens is 225 g/mol. The van der Waals surface area contributed by atoms with Crippen molar-refractivity contribution in [1.82, 2.24) is 0 Å². The first kappa shape index (κ1) is 52.5. The van der Waals surface area contributed by atoms with Crippen molar-refractivity contribution in [2.75, 3.05) is 0 Å². The topological polar surface area (TPSA) is 169 Å². The fraction of sp³-hybridized carbons (Fsp3) is 0.800. The highest BCUT2D eigenvalue weighted by Crippen LogP contribution is 1.89. The van der Waals surface area contributed by atoms with E-state index in [4.69, 9.17) is 5.73 Å². The molecule has 0 spiro atoms. The van der Waals surface area contributed by atoms with Crippen molar-refractivity contribution in [3.8, 4) is 0 Å². The van der Waals surface area contributed by atoms with Gasteiger partial charge in [0.25, 0.3) is 0 Å². The van der Waals surface area contributed by atoms with E-state index in [1.165, 1.54) is 0 Å². The predicted octanol–water partition coefficient (Wildman–Crippen LogP) is -1.79. The average molecular weight is 246 g/mol. The maximum atomic E-state index is 9.98. The highest BCUT2D eigenvalue weighted by molar-refractivity contribution is 5.85. The van der Waals surface area contributed by atoms with Gasteiger partial charge in [-0.25, -0.2) is 0 Å². The molecule has 90 valence electrons. The molecule has 0 aromatic carbocycles. The molecule has 1 amide bonds. The number of carbonyl (C=O) groups is 1. The number of halogens is 2. The number of primary amides is 1. The van der Waals surface area contributed by atoms with Crippen molar-refractivity contribution in [3.63, 3.8) is 0 Å². The van der Waals surface area contributed by atoms with Crippen LogP contribution in [0.1, 0.15) is 26.2 Å². The molecular formula is C5H21Cl2NO5. The van der Waals surface area contributed by atoms with E-state index in [9.17, 15) is 4.79 Å². The number of hydrogen-bond acceptors (Lipinski definition) is 1. The van der Waals surface area contributed by atoms with Crippen LogP contribution in [-0.2, 0) is 4.79 Å². The maximum Gasteiger partial charge on any atom is 0.217 e. The van der Waals surface area contributed by atoms with Crippen LogP contribution in [0.3, 0.4) is 0 Å². The zero-order chi connectivity index (χ0) is 5.70. The highest BCUT2D eigenvalue weighted by atomic mass is 35.5. The predicted molar refractivity (Wildman–Crippen MR) is 57.7 cm³/mol. The number of unbranched alkanes of at least 4 members (excludes halogenated alkanes) is 1. The van der Waals surface area contributed by atoms with Gasteiger partial charge in [-0.05, 0) is 6.42 Å². The van der Waals surface area contributed by atoms with Gasteiger partial charge in [0.1, 0.15) is 0 Å². The smallest absolute Gasteiger partial charge is 0.217 e. The van der Waals surface area contributed by atoms with Gasteiger partial charge in [0.2, 0.25) is 5.91 Å². The minimum atomic E-state index is -0.193. The molecule has 0 aromatic heterocycles. The van der Waals surface area contributed by atoms with E-state index in [-0.39, 0.29) is 52.6 Å². The molecule has 0 saturated heterocycles. The second-order valence-electron chi connectivity index (χ2n) is 1.57. The molecule has 0 atom stereocenters. The first-order valence-corrected chi connectivity index (χ1v) is 2.55. The van der Waals surface area contributed by atoms with Gasteiger partial charge in [-0.1, -0.05) is 13.3 Å². The molecule has 0 unspecified atom stereocenters. The average Bonchev–Trinajstić information content (AvgIpc) is 1.61. The van der Waals surface area contributed by atoms with Crippen molar-refractivity contribution in [3.05, 3.63) is 0 Å². The third-order valence-electron chi connectivity index (χ3n) is 0.777. The molecule has 0 rings (SSSR count). The van der Waals surface area contributed by atoms with Crippen molar-refractivity contribution in [1.29, 1.82) is 0 Å². The van der Waals surface area contributed by atoms with Crippen molar-refractivity contribution in [2.45, 2.75) is 26.2 Å². The number of nitrogens with two attached hydrogens (primary N) is 1. The van der Waals surface area contributed by atoms with E-state index < -0.39 is 0 Å². The number of rotatable bonds is 3. The van der Waals surface area contributed by atoms with Crippen molar-refractivity contribution in [2.24, 2.45) is 5.73 Å². The molecule has 0 aliphatic rings. The van der Waals surface area contributed by atoms with Gasteiger partial charge >= 0.3 is 0 Å². The molecule has 0 bridgehead atoms. The lowest BCUT2D eigenvalue weighted by atomic mass is 10.2. The van der Waals surface area contributed by atoms with Crippen LogP contribution in [0.15, 0.2) is 0 Å². The summed E-state index contributed by atoms with van der Waals surface area (Å²) >= 11 is 0. The van der Waals surface area contributed by atoms with E-state index in [0.717, 1.165) is 12.8 Å². The zero-order valence-electron chi connectivity index (χ0n) is 7.42. The van der Waals surface area contributed by atoms with E-state index >= 15 is 0 Å². The van der Waals surface area contributed by atoms with Crippen LogP contribution in [0, 0.1) is 0 Å². The molecule has 0 aliphatic heterocycles. The van der Waals surface area contributed by atoms with Gasteiger partial charge < -0.3 is 27.6 Å². The molecule has 0 heterocycles. The van der Waals surface area contributed by atoms with Gasteiger partial charge in [-0.3, -0.25) is 4.79 Å². The fourth-order valence-corrected chi connectivity index (χ4v) is 0.351. The summed E-state index contributed by atoms with van der Waals surface area (Å²) in [5, 5.41) is 0. The van der Waals surface area contributed by atoms with E-state index in [2.05, 4.69) is 0 Å². The van der Waals surface area contributed by atoms with E-state index in [1.807, 2.05) is 6.92 Å². The first-order valence-electron chi connectivity index (χ1n) is 2.55. The summed E-state index contributed by atoms with van der Waals surface area (Å²) in [7, 11) is 0. The Labute approximate surface area is 89.9 Å². The number of hydrogen-bond donors (Lipinski definition) is 1. The summed E-state index contributed by atoms with van der Waals surface area (Å²) in [6.07, 6.45) is 2.51. The lowest BCUT2D eigenvalue weighted by molar-refractivity contribution is -0.118. The largest absolute Gasteiger partial charge is 0.412 e. The number of amides is 1. The fourth-order valence-electron chi connectivity index (χ4n) is 0.351. The zero-order valence-corrected chi connectivity index (χ0v) is 9.06. The Balaban J connectivity index is -0.0000000120. The minimum Gasteiger partial charge on any atom is -0.412 e. The van der Waals surface area contributed by atoms with Crippen LogP contribution >= 0.6 is 24.8 Å². The normalized spacial score (nSPS) is 4.69. The summed E-state index contributed by atoms with van der Waals surface area (Å²) in [5.74, 6) is -0.193. The Morgan fingerprint density at radius 3 is 1.46 bits per heavy atom. The lowest BCUT2D eigenvalue weighted by Crippen LogP contribution is -2.09. The Bertz CT molecular complexity index is 75.9. The van der Waals surface area contributed by atoms with Crippen LogP contribution in [-0.4, -0.2) is 27.8 Å².